The monoisotopic (exact) mass is 593 g/mol. The van der Waals surface area contributed by atoms with Crippen molar-refractivity contribution in [3.63, 3.8) is 0 Å². The van der Waals surface area contributed by atoms with Crippen LogP contribution in [-0.2, 0) is 27.2 Å². The third kappa shape index (κ3) is 6.26. The molecule has 41 heavy (non-hydrogen) atoms. The van der Waals surface area contributed by atoms with E-state index in [1.54, 1.807) is 6.07 Å². The molecule has 0 radical (unpaired) electrons. The summed E-state index contributed by atoms with van der Waals surface area (Å²) >= 11 is 0. The highest BCUT2D eigenvalue weighted by atomic mass is 32.2. The molecule has 6 nitrogen and oxygen atoms in total. The number of aromatic amines is 1. The Morgan fingerprint density at radius 1 is 1.12 bits per heavy atom. The number of sulfone groups is 1. The SMILES string of the molecule is C[C@H]1c2c([nH]c3ccc(C(F)(F)F)cc23)C[C@H]2CCN(CCC3(/C=C/CN4CCS(=O)(=O)CC4)CCOCC3)C[C@@H]21. The molecule has 1 aromatic carbocycles. The molecule has 1 aliphatic carbocycles. The number of ether oxygens (including phenoxy) is 1. The van der Waals surface area contributed by atoms with Crippen LogP contribution in [0.2, 0.25) is 0 Å². The number of halogens is 3. The first-order valence-corrected chi connectivity index (χ1v) is 17.0. The van der Waals surface area contributed by atoms with Crippen LogP contribution >= 0.6 is 0 Å². The van der Waals surface area contributed by atoms with Crippen molar-refractivity contribution in [1.82, 2.24) is 14.8 Å². The number of hydrogen-bond acceptors (Lipinski definition) is 5. The quantitative estimate of drug-likeness (QED) is 0.463. The van der Waals surface area contributed by atoms with E-state index in [0.29, 0.717) is 24.9 Å². The first-order valence-electron chi connectivity index (χ1n) is 15.1. The van der Waals surface area contributed by atoms with Gasteiger partial charge >= 0.3 is 6.18 Å². The summed E-state index contributed by atoms with van der Waals surface area (Å²) in [4.78, 5) is 8.26. The zero-order valence-corrected chi connectivity index (χ0v) is 24.7. The van der Waals surface area contributed by atoms with Gasteiger partial charge in [-0.15, -0.1) is 0 Å². The number of H-pyrrole nitrogens is 1. The highest BCUT2D eigenvalue weighted by Crippen LogP contribution is 2.47. The molecule has 1 N–H and O–H groups in total. The van der Waals surface area contributed by atoms with E-state index in [1.165, 1.54) is 12.1 Å². The number of fused-ring (bicyclic) bond motifs is 4. The van der Waals surface area contributed by atoms with Crippen molar-refractivity contribution in [1.29, 1.82) is 0 Å². The normalized spacial score (nSPS) is 29.0. The van der Waals surface area contributed by atoms with Crippen LogP contribution in [0.4, 0.5) is 13.2 Å². The lowest BCUT2D eigenvalue weighted by Gasteiger charge is -2.45. The standard InChI is InChI=1S/C31H42F3N3O3S/c1-22-26-21-37(11-5-23(26)19-28-29(22)25-20-24(31(32,33)34)3-4-27(25)35-28)12-7-30(8-15-40-16-9-30)6-2-10-36-13-17-41(38,39)18-14-36/h2-4,6,20,22-23,26,35H,5,7-19,21H2,1H3/b6-2+/t22-,23-,26-/m1/s1. The Hall–Kier alpha value is -1.88. The number of aromatic nitrogens is 1. The van der Waals surface area contributed by atoms with Crippen LogP contribution in [0, 0.1) is 17.3 Å². The van der Waals surface area contributed by atoms with Gasteiger partial charge < -0.3 is 14.6 Å². The molecule has 4 heterocycles. The molecule has 3 saturated heterocycles. The molecule has 2 aromatic rings. The first kappa shape index (κ1) is 29.2. The molecule has 10 heteroatoms. The summed E-state index contributed by atoms with van der Waals surface area (Å²) in [5, 5.41) is 0.732. The summed E-state index contributed by atoms with van der Waals surface area (Å²) in [5.41, 5.74) is 2.53. The number of alkyl halides is 3. The Morgan fingerprint density at radius 2 is 1.88 bits per heavy atom. The van der Waals surface area contributed by atoms with E-state index in [2.05, 4.69) is 33.9 Å². The predicted molar refractivity (Wildman–Crippen MR) is 155 cm³/mol. The summed E-state index contributed by atoms with van der Waals surface area (Å²) < 4.78 is 69.7. The van der Waals surface area contributed by atoms with Crippen LogP contribution in [0.5, 0.6) is 0 Å². The molecule has 3 fully saturated rings. The number of piperidine rings is 1. The Kier molecular flexibility index (Phi) is 8.06. The number of nitrogens with zero attached hydrogens (tertiary/aromatic N) is 2. The molecule has 4 aliphatic rings. The molecular weight excluding hydrogens is 551 g/mol. The second-order valence-electron chi connectivity index (χ2n) is 12.9. The third-order valence-electron chi connectivity index (χ3n) is 10.4. The maximum absolute atomic E-state index is 13.5. The van der Waals surface area contributed by atoms with E-state index in [0.717, 1.165) is 93.7 Å². The summed E-state index contributed by atoms with van der Waals surface area (Å²) in [7, 11) is -2.87. The van der Waals surface area contributed by atoms with E-state index in [9.17, 15) is 21.6 Å². The van der Waals surface area contributed by atoms with Gasteiger partial charge in [-0.1, -0.05) is 19.1 Å². The van der Waals surface area contributed by atoms with Gasteiger partial charge in [-0.2, -0.15) is 13.2 Å². The highest BCUT2D eigenvalue weighted by Gasteiger charge is 2.41. The van der Waals surface area contributed by atoms with Gasteiger partial charge in [-0.25, -0.2) is 8.42 Å². The second kappa shape index (κ2) is 11.3. The van der Waals surface area contributed by atoms with Crippen molar-refractivity contribution in [3.05, 3.63) is 47.2 Å². The van der Waals surface area contributed by atoms with Crippen LogP contribution in [0.3, 0.4) is 0 Å². The first-order chi connectivity index (χ1) is 19.5. The highest BCUT2D eigenvalue weighted by molar-refractivity contribution is 7.91. The number of hydrogen-bond donors (Lipinski definition) is 1. The van der Waals surface area contributed by atoms with E-state index < -0.39 is 21.6 Å². The van der Waals surface area contributed by atoms with Gasteiger partial charge in [-0.05, 0) is 92.1 Å². The summed E-state index contributed by atoms with van der Waals surface area (Å²) in [6.07, 6.45) is 5.35. The Labute approximate surface area is 241 Å². The lowest BCUT2D eigenvalue weighted by Crippen LogP contribution is -2.46. The summed E-state index contributed by atoms with van der Waals surface area (Å²) in [6, 6.07) is 4.11. The van der Waals surface area contributed by atoms with Gasteiger partial charge in [0.1, 0.15) is 0 Å². The molecule has 3 aliphatic heterocycles. The van der Waals surface area contributed by atoms with Crippen LogP contribution in [0.1, 0.15) is 55.3 Å². The fourth-order valence-corrected chi connectivity index (χ4v) is 9.05. The van der Waals surface area contributed by atoms with Crippen LogP contribution in [0.25, 0.3) is 10.9 Å². The predicted octanol–water partition coefficient (Wildman–Crippen LogP) is 5.26. The number of rotatable bonds is 6. The Bertz CT molecular complexity index is 1370. The topological polar surface area (TPSA) is 65.6 Å². The van der Waals surface area contributed by atoms with Crippen molar-refractivity contribution in [2.45, 2.75) is 51.1 Å². The van der Waals surface area contributed by atoms with Crippen molar-refractivity contribution in [3.8, 4) is 0 Å². The third-order valence-corrected chi connectivity index (χ3v) is 12.0. The van der Waals surface area contributed by atoms with Crippen LogP contribution in [0.15, 0.2) is 30.4 Å². The van der Waals surface area contributed by atoms with Crippen LogP contribution < -0.4 is 0 Å². The molecule has 1 aromatic heterocycles. The maximum atomic E-state index is 13.5. The van der Waals surface area contributed by atoms with Gasteiger partial charge in [0.05, 0.1) is 17.1 Å². The molecule has 0 spiro atoms. The van der Waals surface area contributed by atoms with Gasteiger partial charge in [0.2, 0.25) is 0 Å². The molecule has 3 atom stereocenters. The average molecular weight is 594 g/mol. The second-order valence-corrected chi connectivity index (χ2v) is 15.2. The molecule has 226 valence electrons. The molecule has 0 unspecified atom stereocenters. The van der Waals surface area contributed by atoms with Gasteiger partial charge in [0.15, 0.2) is 9.84 Å². The number of benzene rings is 1. The zero-order valence-electron chi connectivity index (χ0n) is 23.9. The van der Waals surface area contributed by atoms with E-state index in [1.807, 2.05) is 0 Å². The fraction of sp³-hybridized carbons (Fsp3) is 0.677. The van der Waals surface area contributed by atoms with Gasteiger partial charge in [0, 0.05) is 56.0 Å². The molecule has 0 bridgehead atoms. The number of allylic oxidation sites excluding steroid dienone is 1. The zero-order chi connectivity index (χ0) is 28.8. The van der Waals surface area contributed by atoms with E-state index in [4.69, 9.17) is 4.74 Å². The lowest BCUT2D eigenvalue weighted by molar-refractivity contribution is -0.137. The number of likely N-dealkylation sites (tertiary alicyclic amines) is 1. The van der Waals surface area contributed by atoms with E-state index in [-0.39, 0.29) is 22.8 Å². The lowest BCUT2D eigenvalue weighted by atomic mass is 9.68. The van der Waals surface area contributed by atoms with E-state index >= 15 is 0 Å². The minimum absolute atomic E-state index is 0.0904. The van der Waals surface area contributed by atoms with Crippen molar-refractivity contribution >= 4 is 20.7 Å². The number of nitrogens with one attached hydrogen (secondary N) is 1. The smallest absolute Gasteiger partial charge is 0.381 e. The fourth-order valence-electron chi connectivity index (χ4n) is 7.77. The maximum Gasteiger partial charge on any atom is 0.416 e. The largest absolute Gasteiger partial charge is 0.416 e. The van der Waals surface area contributed by atoms with Crippen molar-refractivity contribution in [2.75, 3.05) is 64.0 Å². The van der Waals surface area contributed by atoms with Crippen molar-refractivity contribution in [2.24, 2.45) is 17.3 Å². The molecule has 0 amide bonds. The molecule has 0 saturated carbocycles. The van der Waals surface area contributed by atoms with Crippen LogP contribution in [-0.4, -0.2) is 87.2 Å². The van der Waals surface area contributed by atoms with Gasteiger partial charge in [0.25, 0.3) is 0 Å². The van der Waals surface area contributed by atoms with Gasteiger partial charge in [-0.3, -0.25) is 4.90 Å². The Balaban J connectivity index is 1.12. The summed E-state index contributed by atoms with van der Waals surface area (Å²) in [6.45, 7) is 8.76. The summed E-state index contributed by atoms with van der Waals surface area (Å²) in [5.74, 6) is 1.68. The molecule has 6 rings (SSSR count). The average Bonchev–Trinajstić information content (AvgIpc) is 3.31. The minimum atomic E-state index is -4.34. The molecular formula is C31H42F3N3O3S. The minimum Gasteiger partial charge on any atom is -0.381 e. The Morgan fingerprint density at radius 3 is 2.61 bits per heavy atom. The van der Waals surface area contributed by atoms with Crippen molar-refractivity contribution < 1.29 is 26.3 Å².